The molecule has 2 heteroatoms. The monoisotopic (exact) mass is 340 g/mol. The summed E-state index contributed by atoms with van der Waals surface area (Å²) in [5.41, 5.74) is 5.51. The topological polar surface area (TPSA) is 24.2 Å². The minimum atomic E-state index is -0.326. The van der Waals surface area contributed by atoms with Crippen molar-refractivity contribution in [3.8, 4) is 0 Å². The van der Waals surface area contributed by atoms with Crippen LogP contribution in [0, 0.1) is 13.8 Å². The molecule has 4 rings (SSSR count). The van der Waals surface area contributed by atoms with E-state index in [9.17, 15) is 0 Å². The maximum absolute atomic E-state index is 5.93. The summed E-state index contributed by atoms with van der Waals surface area (Å²) in [5, 5.41) is 0. The fraction of sp³-hybridized carbons (Fsp3) is 0.167. The van der Waals surface area contributed by atoms with Gasteiger partial charge in [-0.15, -0.1) is 0 Å². The lowest BCUT2D eigenvalue weighted by Crippen LogP contribution is -2.30. The predicted molar refractivity (Wildman–Crippen MR) is 106 cm³/mol. The first-order chi connectivity index (χ1) is 12.7. The van der Waals surface area contributed by atoms with Gasteiger partial charge in [-0.2, -0.15) is 0 Å². The number of carbonyl (C=O) groups excluding carboxylic acids is 1. The third kappa shape index (κ3) is 2.99. The molecule has 0 amide bonds. The number of benzene rings is 2. The number of aromatic nitrogens is 1. The van der Waals surface area contributed by atoms with Gasteiger partial charge < -0.3 is 0 Å². The highest BCUT2D eigenvalue weighted by molar-refractivity contribution is 5.71. The number of rotatable bonds is 3. The Balaban J connectivity index is 1.90. The van der Waals surface area contributed by atoms with E-state index in [1.807, 2.05) is 24.6 Å². The van der Waals surface area contributed by atoms with Gasteiger partial charge in [0.25, 0.3) is 6.29 Å². The first kappa shape index (κ1) is 16.5. The highest BCUT2D eigenvalue weighted by Crippen LogP contribution is 2.39. The lowest BCUT2D eigenvalue weighted by Gasteiger charge is -2.28. The van der Waals surface area contributed by atoms with E-state index >= 15 is 0 Å². The number of aldehydes is 1. The molecule has 0 aliphatic carbocycles. The number of hydrogen-bond donors (Lipinski definition) is 0. The standard InChI is InChI=1S/C24H22NO/c1-18-6-10-20(11-7-18)22-17-24(14-16-26-22,23-5-3-4-15-25-23)21-12-8-19(2)9-13-21/h3-13,15-17H,14H2,1-2H3/q+1. The highest BCUT2D eigenvalue weighted by Gasteiger charge is 2.40. The molecule has 3 aromatic rings. The number of allylic oxidation sites excluding steroid dienone is 1. The Kier molecular flexibility index (Phi) is 4.26. The zero-order valence-corrected chi connectivity index (χ0v) is 15.1. The lowest BCUT2D eigenvalue weighted by atomic mass is 9.73. The molecule has 0 bridgehead atoms. The van der Waals surface area contributed by atoms with Crippen LogP contribution in [-0.4, -0.2) is 11.3 Å². The van der Waals surface area contributed by atoms with E-state index in [1.54, 1.807) is 0 Å². The molecule has 0 radical (unpaired) electrons. The van der Waals surface area contributed by atoms with Crippen molar-refractivity contribution in [3.05, 3.63) is 107 Å². The average Bonchev–Trinajstić information content (AvgIpc) is 2.70. The summed E-state index contributed by atoms with van der Waals surface area (Å²) >= 11 is 0. The van der Waals surface area contributed by atoms with E-state index in [4.69, 9.17) is 9.41 Å². The molecule has 1 aliphatic heterocycles. The first-order valence-corrected chi connectivity index (χ1v) is 8.94. The van der Waals surface area contributed by atoms with Crippen LogP contribution < -0.4 is 0 Å². The van der Waals surface area contributed by atoms with Crippen molar-refractivity contribution in [1.82, 2.24) is 4.98 Å². The second kappa shape index (κ2) is 6.72. The van der Waals surface area contributed by atoms with Gasteiger partial charge in [-0.3, -0.25) is 4.98 Å². The molecule has 26 heavy (non-hydrogen) atoms. The van der Waals surface area contributed by atoms with Crippen molar-refractivity contribution in [1.29, 1.82) is 0 Å². The van der Waals surface area contributed by atoms with Gasteiger partial charge in [0.05, 0.1) is 23.1 Å². The minimum absolute atomic E-state index is 0.326. The van der Waals surface area contributed by atoms with Crippen LogP contribution in [0.1, 0.15) is 34.4 Å². The Morgan fingerprint density at radius 1 is 0.846 bits per heavy atom. The largest absolute Gasteiger partial charge is 0.356 e. The molecule has 1 aromatic heterocycles. The molecule has 2 nitrogen and oxygen atoms in total. The third-order valence-electron chi connectivity index (χ3n) is 5.02. The van der Waals surface area contributed by atoms with Crippen molar-refractivity contribution in [3.63, 3.8) is 0 Å². The molecule has 0 spiro atoms. The molecular weight excluding hydrogens is 318 g/mol. The molecule has 1 unspecified atom stereocenters. The zero-order chi connectivity index (χ0) is 18.0. The van der Waals surface area contributed by atoms with Crippen molar-refractivity contribution < 1.29 is 4.42 Å². The van der Waals surface area contributed by atoms with Gasteiger partial charge in [-0.05, 0) is 43.7 Å². The summed E-state index contributed by atoms with van der Waals surface area (Å²) in [4.78, 5) is 4.70. The molecule has 1 aliphatic rings. The van der Waals surface area contributed by atoms with E-state index in [1.165, 1.54) is 16.7 Å². The van der Waals surface area contributed by atoms with Crippen LogP contribution in [0.15, 0.2) is 79.0 Å². The molecule has 1 atom stereocenters. The quantitative estimate of drug-likeness (QED) is 0.477. The normalized spacial score (nSPS) is 19.2. The summed E-state index contributed by atoms with van der Waals surface area (Å²) in [6.45, 7) is 4.21. The average molecular weight is 340 g/mol. The van der Waals surface area contributed by atoms with E-state index in [2.05, 4.69) is 74.5 Å². The SMILES string of the molecule is Cc1ccc(C2=CC(c3ccc(C)cc3)(c3ccccn3)CC=[O+]2)cc1. The summed E-state index contributed by atoms with van der Waals surface area (Å²) in [7, 11) is 0. The number of nitrogens with zero attached hydrogens (tertiary/aromatic N) is 1. The van der Waals surface area contributed by atoms with Crippen LogP contribution in [0.2, 0.25) is 0 Å². The van der Waals surface area contributed by atoms with Gasteiger partial charge in [-0.1, -0.05) is 53.6 Å². The van der Waals surface area contributed by atoms with Crippen LogP contribution >= 0.6 is 0 Å². The number of pyridine rings is 1. The molecule has 2 heterocycles. The van der Waals surface area contributed by atoms with Gasteiger partial charge >= 0.3 is 5.76 Å². The summed E-state index contributed by atoms with van der Waals surface area (Å²) in [5.74, 6) is 0.877. The fourth-order valence-electron chi connectivity index (χ4n) is 3.45. The maximum Gasteiger partial charge on any atom is 0.356 e. The summed E-state index contributed by atoms with van der Waals surface area (Å²) < 4.78 is 5.93. The smallest absolute Gasteiger partial charge is 0.260 e. The molecular formula is C24H22NO+. The van der Waals surface area contributed by atoms with Crippen LogP contribution in [0.5, 0.6) is 0 Å². The van der Waals surface area contributed by atoms with Crippen LogP contribution in [-0.2, 0) is 9.84 Å². The Hall–Kier alpha value is -3.00. The van der Waals surface area contributed by atoms with Crippen LogP contribution in [0.4, 0.5) is 0 Å². The fourth-order valence-corrected chi connectivity index (χ4v) is 3.45. The van der Waals surface area contributed by atoms with Gasteiger partial charge in [0.2, 0.25) is 0 Å². The Morgan fingerprint density at radius 2 is 1.54 bits per heavy atom. The molecule has 0 saturated carbocycles. The number of aryl methyl sites for hydroxylation is 2. The summed E-state index contributed by atoms with van der Waals surface area (Å²) in [6.07, 6.45) is 6.75. The second-order valence-electron chi connectivity index (χ2n) is 6.92. The molecule has 2 aromatic carbocycles. The first-order valence-electron chi connectivity index (χ1n) is 8.94. The van der Waals surface area contributed by atoms with E-state index in [-0.39, 0.29) is 5.41 Å². The third-order valence-corrected chi connectivity index (χ3v) is 5.02. The Labute approximate surface area is 154 Å². The summed E-state index contributed by atoms with van der Waals surface area (Å²) in [6, 6.07) is 23.3. The Morgan fingerprint density at radius 3 is 2.19 bits per heavy atom. The second-order valence-corrected chi connectivity index (χ2v) is 6.92. The van der Waals surface area contributed by atoms with Crippen molar-refractivity contribution in [2.45, 2.75) is 25.7 Å². The predicted octanol–water partition coefficient (Wildman–Crippen LogP) is 5.16. The molecule has 128 valence electrons. The van der Waals surface area contributed by atoms with Crippen LogP contribution in [0.3, 0.4) is 0 Å². The molecule has 0 fully saturated rings. The van der Waals surface area contributed by atoms with E-state index in [0.717, 1.165) is 23.4 Å². The van der Waals surface area contributed by atoms with Crippen molar-refractivity contribution in [2.24, 2.45) is 0 Å². The Bertz CT molecular complexity index is 953. The van der Waals surface area contributed by atoms with Gasteiger partial charge in [0, 0.05) is 12.3 Å². The molecule has 0 saturated heterocycles. The lowest BCUT2D eigenvalue weighted by molar-refractivity contribution is -0.341. The van der Waals surface area contributed by atoms with Gasteiger partial charge in [0.15, 0.2) is 0 Å². The van der Waals surface area contributed by atoms with Crippen molar-refractivity contribution >= 4 is 12.0 Å². The van der Waals surface area contributed by atoms with Gasteiger partial charge in [0.1, 0.15) is 0 Å². The minimum Gasteiger partial charge on any atom is -0.260 e. The van der Waals surface area contributed by atoms with E-state index < -0.39 is 0 Å². The van der Waals surface area contributed by atoms with E-state index in [0.29, 0.717) is 0 Å². The van der Waals surface area contributed by atoms with Crippen LogP contribution in [0.25, 0.3) is 5.76 Å². The highest BCUT2D eigenvalue weighted by atomic mass is 16.4. The zero-order valence-electron chi connectivity index (χ0n) is 15.1. The van der Waals surface area contributed by atoms with Crippen molar-refractivity contribution in [2.75, 3.05) is 0 Å². The number of hydrogen-bond acceptors (Lipinski definition) is 1. The van der Waals surface area contributed by atoms with Gasteiger partial charge in [-0.25, -0.2) is 4.42 Å². The maximum atomic E-state index is 5.93. The molecule has 0 N–H and O–H groups in total.